The zero-order valence-corrected chi connectivity index (χ0v) is 18.6. The van der Waals surface area contributed by atoms with Crippen LogP contribution in [0.5, 0.6) is 0 Å². The van der Waals surface area contributed by atoms with E-state index in [-0.39, 0.29) is 18.6 Å². The summed E-state index contributed by atoms with van der Waals surface area (Å²) in [6.07, 6.45) is 7.78. The molecule has 0 N–H and O–H groups in total. The van der Waals surface area contributed by atoms with Gasteiger partial charge in [0.15, 0.2) is 5.78 Å². The van der Waals surface area contributed by atoms with Gasteiger partial charge in [-0.1, -0.05) is 35.4 Å². The molecule has 5 nitrogen and oxygen atoms in total. The summed E-state index contributed by atoms with van der Waals surface area (Å²) in [5.41, 5.74) is 2.60. The summed E-state index contributed by atoms with van der Waals surface area (Å²) < 4.78 is 11.3. The number of benzene rings is 1. The molecule has 31 heavy (non-hydrogen) atoms. The summed E-state index contributed by atoms with van der Waals surface area (Å²) in [4.78, 5) is 37.8. The molecule has 1 aromatic rings. The average molecular weight is 423 g/mol. The molecule has 1 heterocycles. The van der Waals surface area contributed by atoms with Gasteiger partial charge in [-0.05, 0) is 70.4 Å². The fourth-order valence-electron chi connectivity index (χ4n) is 4.17. The molecule has 0 aromatic heterocycles. The summed E-state index contributed by atoms with van der Waals surface area (Å²) in [5.74, 6) is -0.988. The van der Waals surface area contributed by atoms with Gasteiger partial charge in [0.1, 0.15) is 12.2 Å². The molecule has 0 bridgehead atoms. The Labute approximate surface area is 183 Å². The van der Waals surface area contributed by atoms with Gasteiger partial charge in [0.05, 0.1) is 17.4 Å². The lowest BCUT2D eigenvalue weighted by atomic mass is 9.69. The van der Waals surface area contributed by atoms with E-state index < -0.39 is 29.6 Å². The van der Waals surface area contributed by atoms with Gasteiger partial charge >= 0.3 is 11.9 Å². The number of cyclic esters (lactones) is 1. The minimum Gasteiger partial charge on any atom is -0.457 e. The van der Waals surface area contributed by atoms with Crippen molar-refractivity contribution in [1.29, 1.82) is 0 Å². The zero-order chi connectivity index (χ0) is 22.6. The van der Waals surface area contributed by atoms with E-state index in [1.165, 1.54) is 11.6 Å². The van der Waals surface area contributed by atoms with E-state index in [0.717, 1.165) is 24.0 Å². The van der Waals surface area contributed by atoms with Crippen LogP contribution in [0.15, 0.2) is 59.7 Å². The number of allylic oxidation sites excluding steroid dienone is 4. The van der Waals surface area contributed by atoms with Gasteiger partial charge in [0.2, 0.25) is 0 Å². The number of rotatable bonds is 6. The Bertz CT molecular complexity index is 964. The molecular formula is C26H30O5. The maximum Gasteiger partial charge on any atom is 0.338 e. The second kappa shape index (κ2) is 9.46. The third-order valence-corrected chi connectivity index (χ3v) is 5.93. The van der Waals surface area contributed by atoms with E-state index in [9.17, 15) is 14.4 Å². The van der Waals surface area contributed by atoms with Crippen molar-refractivity contribution in [1.82, 2.24) is 0 Å². The van der Waals surface area contributed by atoms with E-state index in [1.54, 1.807) is 18.2 Å². The van der Waals surface area contributed by atoms with E-state index in [4.69, 9.17) is 9.47 Å². The van der Waals surface area contributed by atoms with Gasteiger partial charge in [-0.25, -0.2) is 4.79 Å². The Morgan fingerprint density at radius 2 is 1.97 bits per heavy atom. The first-order chi connectivity index (χ1) is 14.7. The molecule has 0 radical (unpaired) electrons. The number of ketones is 1. The quantitative estimate of drug-likeness (QED) is 0.474. The van der Waals surface area contributed by atoms with Crippen LogP contribution in [0, 0.1) is 12.3 Å². The van der Waals surface area contributed by atoms with Crippen LogP contribution in [-0.2, 0) is 19.1 Å². The summed E-state index contributed by atoms with van der Waals surface area (Å²) in [6, 6.07) is 7.21. The molecule has 164 valence electrons. The first-order valence-corrected chi connectivity index (χ1v) is 10.7. The molecule has 1 fully saturated rings. The second-order valence-corrected chi connectivity index (χ2v) is 8.76. The molecule has 1 saturated heterocycles. The molecule has 2 aliphatic rings. The molecule has 5 heteroatoms. The molecule has 1 aliphatic carbocycles. The van der Waals surface area contributed by atoms with Crippen LogP contribution in [0.2, 0.25) is 0 Å². The molecular weight excluding hydrogens is 392 g/mol. The van der Waals surface area contributed by atoms with Crippen LogP contribution < -0.4 is 0 Å². The van der Waals surface area contributed by atoms with Crippen molar-refractivity contribution in [3.63, 3.8) is 0 Å². The van der Waals surface area contributed by atoms with Gasteiger partial charge < -0.3 is 9.47 Å². The van der Waals surface area contributed by atoms with E-state index in [0.29, 0.717) is 5.56 Å². The van der Waals surface area contributed by atoms with Crippen LogP contribution >= 0.6 is 0 Å². The highest BCUT2D eigenvalue weighted by Gasteiger charge is 2.55. The fraction of sp³-hybridized carbons (Fsp3) is 0.423. The van der Waals surface area contributed by atoms with E-state index in [1.807, 2.05) is 32.1 Å². The predicted octanol–water partition coefficient (Wildman–Crippen LogP) is 5.04. The molecule has 0 amide bonds. The van der Waals surface area contributed by atoms with Crippen LogP contribution in [0.1, 0.15) is 62.4 Å². The number of carbonyl (C=O) groups is 3. The third-order valence-electron chi connectivity index (χ3n) is 5.93. The normalized spacial score (nSPS) is 25.5. The summed E-state index contributed by atoms with van der Waals surface area (Å²) >= 11 is 0. The highest BCUT2D eigenvalue weighted by molar-refractivity contribution is 6.00. The summed E-state index contributed by atoms with van der Waals surface area (Å²) in [6.45, 7) is 7.94. The van der Waals surface area contributed by atoms with Crippen LogP contribution in [0.4, 0.5) is 0 Å². The van der Waals surface area contributed by atoms with Crippen molar-refractivity contribution < 1.29 is 23.9 Å². The first kappa shape index (κ1) is 22.7. The number of ether oxygens (including phenoxy) is 2. The number of carbonyl (C=O) groups excluding carboxylic acids is 3. The number of aryl methyl sites for hydroxylation is 1. The summed E-state index contributed by atoms with van der Waals surface area (Å²) in [7, 11) is 0. The Kier molecular flexibility index (Phi) is 6.94. The maximum atomic E-state index is 12.9. The molecule has 1 unspecified atom stereocenters. The zero-order valence-electron chi connectivity index (χ0n) is 18.6. The molecule has 3 atom stereocenters. The Balaban J connectivity index is 1.78. The summed E-state index contributed by atoms with van der Waals surface area (Å²) in [5, 5.41) is 0. The smallest absolute Gasteiger partial charge is 0.338 e. The number of hydrogen-bond donors (Lipinski definition) is 0. The van der Waals surface area contributed by atoms with Crippen molar-refractivity contribution in [2.24, 2.45) is 5.41 Å². The van der Waals surface area contributed by atoms with Crippen LogP contribution in [0.3, 0.4) is 0 Å². The third kappa shape index (κ3) is 5.22. The topological polar surface area (TPSA) is 69.7 Å². The minimum absolute atomic E-state index is 0.00297. The number of esters is 2. The molecule has 3 rings (SSSR count). The predicted molar refractivity (Wildman–Crippen MR) is 118 cm³/mol. The molecule has 1 aromatic carbocycles. The van der Waals surface area contributed by atoms with Crippen molar-refractivity contribution in [2.75, 3.05) is 0 Å². The van der Waals surface area contributed by atoms with Crippen LogP contribution in [-0.4, -0.2) is 29.9 Å². The molecule has 1 aliphatic heterocycles. The highest BCUT2D eigenvalue weighted by atomic mass is 16.6. The van der Waals surface area contributed by atoms with Crippen molar-refractivity contribution in [3.05, 3.63) is 70.8 Å². The second-order valence-electron chi connectivity index (χ2n) is 8.76. The van der Waals surface area contributed by atoms with Crippen molar-refractivity contribution >= 4 is 17.7 Å². The Morgan fingerprint density at radius 3 is 2.68 bits per heavy atom. The van der Waals surface area contributed by atoms with Crippen LogP contribution in [0.25, 0.3) is 0 Å². The van der Waals surface area contributed by atoms with Crippen molar-refractivity contribution in [2.45, 2.75) is 65.6 Å². The SMILES string of the molecule is CC(C)=CCC/C(C)=C/[C@H]1OC(=O)CC12C[C@H](OC(=O)c1ccccc1C)C=CC2=O. The standard InChI is InChI=1S/C26H30O5/c1-17(2)8-7-9-18(3)14-23-26(16-24(28)31-23)15-20(12-13-22(26)27)30-25(29)21-11-6-5-10-19(21)4/h5-6,8,10-14,20,23H,7,9,15-16H2,1-4H3/b18-14+/t20-,23-,26?/m1/s1. The highest BCUT2D eigenvalue weighted by Crippen LogP contribution is 2.45. The van der Waals surface area contributed by atoms with Crippen molar-refractivity contribution in [3.8, 4) is 0 Å². The lowest BCUT2D eigenvalue weighted by Gasteiger charge is -2.34. The molecule has 1 spiro atoms. The Hall–Kier alpha value is -2.95. The van der Waals surface area contributed by atoms with Gasteiger partial charge in [0.25, 0.3) is 0 Å². The van der Waals surface area contributed by atoms with Gasteiger partial charge in [-0.15, -0.1) is 0 Å². The van der Waals surface area contributed by atoms with Gasteiger partial charge in [-0.2, -0.15) is 0 Å². The first-order valence-electron chi connectivity index (χ1n) is 10.7. The maximum absolute atomic E-state index is 12.9. The lowest BCUT2D eigenvalue weighted by Crippen LogP contribution is -2.43. The fourth-order valence-corrected chi connectivity index (χ4v) is 4.17. The Morgan fingerprint density at radius 1 is 1.23 bits per heavy atom. The molecule has 0 saturated carbocycles. The number of hydrogen-bond acceptors (Lipinski definition) is 5. The average Bonchev–Trinajstić information content (AvgIpc) is 3.00. The van der Waals surface area contributed by atoms with Gasteiger partial charge in [-0.3, -0.25) is 9.59 Å². The van der Waals surface area contributed by atoms with Gasteiger partial charge in [0, 0.05) is 6.42 Å². The monoisotopic (exact) mass is 422 g/mol. The van der Waals surface area contributed by atoms with E-state index >= 15 is 0 Å². The minimum atomic E-state index is -1.03. The lowest BCUT2D eigenvalue weighted by molar-refractivity contribution is -0.140. The largest absolute Gasteiger partial charge is 0.457 e. The van der Waals surface area contributed by atoms with E-state index in [2.05, 4.69) is 19.9 Å².